The largest absolute Gasteiger partial charge is 0.298 e. The zero-order valence-corrected chi connectivity index (χ0v) is 15.1. The molecule has 0 saturated carbocycles. The van der Waals surface area contributed by atoms with Crippen LogP contribution in [0.5, 0.6) is 0 Å². The molecule has 3 aromatic rings. The molecule has 0 aliphatic carbocycles. The second-order valence-corrected chi connectivity index (χ2v) is 7.55. The number of fused-ring (bicyclic) bond motifs is 2. The summed E-state index contributed by atoms with van der Waals surface area (Å²) in [6.07, 6.45) is 5.70. The molecule has 2 aliphatic rings. The molecule has 6 nitrogen and oxygen atoms in total. The molecule has 1 saturated heterocycles. The van der Waals surface area contributed by atoms with E-state index in [1.807, 2.05) is 47.2 Å². The molecular formula is C21H21N5O. The van der Waals surface area contributed by atoms with Crippen LogP contribution in [0.25, 0.3) is 11.3 Å². The number of pyridine rings is 1. The third-order valence-corrected chi connectivity index (χ3v) is 5.85. The Morgan fingerprint density at radius 1 is 1.00 bits per heavy atom. The first-order valence-electron chi connectivity index (χ1n) is 9.40. The van der Waals surface area contributed by atoms with E-state index in [2.05, 4.69) is 26.1 Å². The fourth-order valence-electron chi connectivity index (χ4n) is 4.46. The molecule has 1 spiro atoms. The van der Waals surface area contributed by atoms with Crippen LogP contribution in [0.2, 0.25) is 0 Å². The van der Waals surface area contributed by atoms with Crippen LogP contribution in [0.4, 0.5) is 0 Å². The van der Waals surface area contributed by atoms with Gasteiger partial charge in [-0.3, -0.25) is 19.2 Å². The SMILES string of the molecule is O=c1c(-c2ccccc2)nnc2n1CCC21CCN(Cc2cccnc2)C1. The Labute approximate surface area is 157 Å². The Kier molecular flexibility index (Phi) is 3.86. The van der Waals surface area contributed by atoms with Crippen molar-refractivity contribution in [2.45, 2.75) is 31.3 Å². The van der Waals surface area contributed by atoms with Gasteiger partial charge in [0.1, 0.15) is 5.82 Å². The summed E-state index contributed by atoms with van der Waals surface area (Å²) in [7, 11) is 0. The summed E-state index contributed by atoms with van der Waals surface area (Å²) < 4.78 is 1.85. The molecular weight excluding hydrogens is 338 g/mol. The third-order valence-electron chi connectivity index (χ3n) is 5.85. The highest BCUT2D eigenvalue weighted by Crippen LogP contribution is 2.41. The Bertz CT molecular complexity index is 1020. The molecule has 0 amide bonds. The van der Waals surface area contributed by atoms with Crippen molar-refractivity contribution in [1.82, 2.24) is 24.6 Å². The van der Waals surface area contributed by atoms with Gasteiger partial charge in [0.2, 0.25) is 0 Å². The van der Waals surface area contributed by atoms with E-state index in [0.717, 1.165) is 50.4 Å². The molecule has 4 heterocycles. The van der Waals surface area contributed by atoms with Gasteiger partial charge in [0.15, 0.2) is 5.69 Å². The highest BCUT2D eigenvalue weighted by atomic mass is 16.1. The van der Waals surface area contributed by atoms with E-state index >= 15 is 0 Å². The highest BCUT2D eigenvalue weighted by molar-refractivity contribution is 5.57. The van der Waals surface area contributed by atoms with Gasteiger partial charge in [0, 0.05) is 43.0 Å². The van der Waals surface area contributed by atoms with Gasteiger partial charge in [0.25, 0.3) is 5.56 Å². The van der Waals surface area contributed by atoms with Gasteiger partial charge in [-0.25, -0.2) is 0 Å². The van der Waals surface area contributed by atoms with Gasteiger partial charge in [-0.15, -0.1) is 10.2 Å². The van der Waals surface area contributed by atoms with E-state index in [-0.39, 0.29) is 11.0 Å². The summed E-state index contributed by atoms with van der Waals surface area (Å²) in [5.41, 5.74) is 2.42. The molecule has 1 aromatic carbocycles. The first-order valence-corrected chi connectivity index (χ1v) is 9.40. The van der Waals surface area contributed by atoms with Crippen LogP contribution in [0.3, 0.4) is 0 Å². The summed E-state index contributed by atoms with van der Waals surface area (Å²) in [6.45, 7) is 3.53. The van der Waals surface area contributed by atoms with Crippen LogP contribution in [-0.4, -0.2) is 37.7 Å². The van der Waals surface area contributed by atoms with E-state index in [0.29, 0.717) is 5.69 Å². The summed E-state index contributed by atoms with van der Waals surface area (Å²) in [6, 6.07) is 13.7. The van der Waals surface area contributed by atoms with Gasteiger partial charge < -0.3 is 0 Å². The van der Waals surface area contributed by atoms with Crippen molar-refractivity contribution in [3.63, 3.8) is 0 Å². The Balaban J connectivity index is 1.44. The molecule has 1 atom stereocenters. The second-order valence-electron chi connectivity index (χ2n) is 7.55. The predicted octanol–water partition coefficient (Wildman–Crippen LogP) is 2.25. The number of hydrogen-bond donors (Lipinski definition) is 0. The minimum absolute atomic E-state index is 0.0196. The van der Waals surface area contributed by atoms with E-state index in [1.54, 1.807) is 6.20 Å². The quantitative estimate of drug-likeness (QED) is 0.718. The van der Waals surface area contributed by atoms with Crippen LogP contribution in [0.1, 0.15) is 24.2 Å². The van der Waals surface area contributed by atoms with Crippen LogP contribution in [-0.2, 0) is 18.5 Å². The molecule has 5 rings (SSSR count). The van der Waals surface area contributed by atoms with E-state index in [9.17, 15) is 4.79 Å². The zero-order chi connectivity index (χ0) is 18.3. The van der Waals surface area contributed by atoms with Crippen LogP contribution < -0.4 is 5.56 Å². The van der Waals surface area contributed by atoms with Crippen molar-refractivity contribution < 1.29 is 0 Å². The van der Waals surface area contributed by atoms with Crippen molar-refractivity contribution in [1.29, 1.82) is 0 Å². The number of likely N-dealkylation sites (tertiary alicyclic amines) is 1. The smallest absolute Gasteiger partial charge is 0.280 e. The van der Waals surface area contributed by atoms with Crippen molar-refractivity contribution >= 4 is 0 Å². The normalized spacial score (nSPS) is 21.6. The van der Waals surface area contributed by atoms with Crippen LogP contribution >= 0.6 is 0 Å². The maximum absolute atomic E-state index is 13.0. The lowest BCUT2D eigenvalue weighted by atomic mass is 9.85. The van der Waals surface area contributed by atoms with Crippen molar-refractivity contribution in [3.8, 4) is 11.3 Å². The van der Waals surface area contributed by atoms with E-state index in [1.165, 1.54) is 5.56 Å². The Morgan fingerprint density at radius 3 is 2.67 bits per heavy atom. The molecule has 0 N–H and O–H groups in total. The van der Waals surface area contributed by atoms with E-state index < -0.39 is 0 Å². The predicted molar refractivity (Wildman–Crippen MR) is 102 cm³/mol. The molecule has 2 aromatic heterocycles. The van der Waals surface area contributed by atoms with Crippen molar-refractivity contribution in [2.24, 2.45) is 0 Å². The van der Waals surface area contributed by atoms with Gasteiger partial charge in [0.05, 0.1) is 0 Å². The zero-order valence-electron chi connectivity index (χ0n) is 15.1. The molecule has 27 heavy (non-hydrogen) atoms. The Hall–Kier alpha value is -2.86. The molecule has 0 radical (unpaired) electrons. The fraction of sp³-hybridized carbons (Fsp3) is 0.333. The summed E-state index contributed by atoms with van der Waals surface area (Å²) in [5.74, 6) is 0.862. The first-order chi connectivity index (χ1) is 13.3. The lowest BCUT2D eigenvalue weighted by Gasteiger charge is -2.23. The van der Waals surface area contributed by atoms with Crippen LogP contribution in [0, 0.1) is 0 Å². The first kappa shape index (κ1) is 16.3. The Morgan fingerprint density at radius 2 is 1.85 bits per heavy atom. The topological polar surface area (TPSA) is 63.9 Å². The molecule has 0 bridgehead atoms. The standard InChI is InChI=1S/C21H21N5O/c27-19-18(17-6-2-1-3-7-17)23-24-20-21(9-12-26(19)20)8-11-25(15-21)14-16-5-4-10-22-13-16/h1-7,10,13H,8-9,11-12,14-15H2. The number of aromatic nitrogens is 4. The molecule has 1 fully saturated rings. The minimum Gasteiger partial charge on any atom is -0.298 e. The van der Waals surface area contributed by atoms with Crippen molar-refractivity contribution in [3.05, 3.63) is 76.6 Å². The summed E-state index contributed by atoms with van der Waals surface area (Å²) >= 11 is 0. The fourth-order valence-corrected chi connectivity index (χ4v) is 4.46. The third kappa shape index (κ3) is 2.77. The maximum atomic E-state index is 13.0. The average Bonchev–Trinajstić information content (AvgIpc) is 3.29. The van der Waals surface area contributed by atoms with E-state index in [4.69, 9.17) is 0 Å². The van der Waals surface area contributed by atoms with Crippen LogP contribution in [0.15, 0.2) is 59.7 Å². The number of nitrogens with zero attached hydrogens (tertiary/aromatic N) is 5. The highest BCUT2D eigenvalue weighted by Gasteiger charge is 2.46. The van der Waals surface area contributed by atoms with Gasteiger partial charge in [-0.2, -0.15) is 0 Å². The minimum atomic E-state index is -0.0520. The molecule has 136 valence electrons. The molecule has 2 aliphatic heterocycles. The summed E-state index contributed by atoms with van der Waals surface area (Å²) in [5, 5.41) is 8.88. The average molecular weight is 359 g/mol. The lowest BCUT2D eigenvalue weighted by Crippen LogP contribution is -2.33. The summed E-state index contributed by atoms with van der Waals surface area (Å²) in [4.78, 5) is 19.7. The number of benzene rings is 1. The molecule has 6 heteroatoms. The number of hydrogen-bond acceptors (Lipinski definition) is 5. The monoisotopic (exact) mass is 359 g/mol. The van der Waals surface area contributed by atoms with Crippen molar-refractivity contribution in [2.75, 3.05) is 13.1 Å². The second kappa shape index (κ2) is 6.39. The number of rotatable bonds is 3. The maximum Gasteiger partial charge on any atom is 0.280 e. The van der Waals surface area contributed by atoms with Gasteiger partial charge >= 0.3 is 0 Å². The molecule has 1 unspecified atom stereocenters. The van der Waals surface area contributed by atoms with Gasteiger partial charge in [-0.05, 0) is 31.0 Å². The van der Waals surface area contributed by atoms with Gasteiger partial charge in [-0.1, -0.05) is 36.4 Å². The lowest BCUT2D eigenvalue weighted by molar-refractivity contribution is 0.299.